The van der Waals surface area contributed by atoms with Gasteiger partial charge in [-0.25, -0.2) is 9.97 Å². The first-order valence-electron chi connectivity index (χ1n) is 8.09. The van der Waals surface area contributed by atoms with E-state index in [0.29, 0.717) is 6.54 Å². The van der Waals surface area contributed by atoms with Gasteiger partial charge in [0, 0.05) is 17.8 Å². The Bertz CT molecular complexity index is 995. The van der Waals surface area contributed by atoms with Crippen molar-refractivity contribution in [1.82, 2.24) is 15.0 Å². The van der Waals surface area contributed by atoms with E-state index in [2.05, 4.69) is 38.5 Å². The number of benzene rings is 2. The summed E-state index contributed by atoms with van der Waals surface area (Å²) < 4.78 is 5.31. The highest BCUT2D eigenvalue weighted by molar-refractivity contribution is 5.91. The largest absolute Gasteiger partial charge is 0.497 e. The molecule has 0 radical (unpaired) electrons. The van der Waals surface area contributed by atoms with Gasteiger partial charge in [-0.05, 0) is 23.8 Å². The minimum absolute atomic E-state index is 0.715. The van der Waals surface area contributed by atoms with E-state index in [-0.39, 0.29) is 0 Å². The fourth-order valence-corrected chi connectivity index (χ4v) is 2.81. The van der Waals surface area contributed by atoms with Crippen molar-refractivity contribution in [3.05, 3.63) is 72.6 Å². The Labute approximate surface area is 145 Å². The zero-order chi connectivity index (χ0) is 17.1. The number of rotatable bonds is 5. The van der Waals surface area contributed by atoms with Crippen LogP contribution in [0.15, 0.2) is 67.0 Å². The third-order valence-corrected chi connectivity index (χ3v) is 4.11. The van der Waals surface area contributed by atoms with E-state index >= 15 is 0 Å². The molecule has 25 heavy (non-hydrogen) atoms. The number of hydrogen-bond donors (Lipinski definition) is 2. The first-order valence-corrected chi connectivity index (χ1v) is 8.09. The number of hydrogen-bond acceptors (Lipinski definition) is 4. The maximum Gasteiger partial charge on any atom is 0.143 e. The van der Waals surface area contributed by atoms with Crippen LogP contribution in [-0.4, -0.2) is 22.1 Å². The van der Waals surface area contributed by atoms with Crippen molar-refractivity contribution in [3.8, 4) is 17.0 Å². The Balaban J connectivity index is 1.66. The number of fused-ring (bicyclic) bond motifs is 1. The summed E-state index contributed by atoms with van der Waals surface area (Å²) in [6, 6.07) is 20.3. The summed E-state index contributed by atoms with van der Waals surface area (Å²) in [5, 5.41) is 4.36. The van der Waals surface area contributed by atoms with Crippen LogP contribution in [0.25, 0.3) is 22.3 Å². The zero-order valence-electron chi connectivity index (χ0n) is 13.9. The van der Waals surface area contributed by atoms with Crippen molar-refractivity contribution in [2.45, 2.75) is 6.54 Å². The fourth-order valence-electron chi connectivity index (χ4n) is 2.81. The molecular weight excluding hydrogens is 312 g/mol. The van der Waals surface area contributed by atoms with Gasteiger partial charge in [-0.1, -0.05) is 42.5 Å². The van der Waals surface area contributed by atoms with Crippen molar-refractivity contribution in [3.63, 3.8) is 0 Å². The van der Waals surface area contributed by atoms with Crippen LogP contribution in [0.3, 0.4) is 0 Å². The lowest BCUT2D eigenvalue weighted by atomic mass is 10.1. The van der Waals surface area contributed by atoms with Gasteiger partial charge >= 0.3 is 0 Å². The monoisotopic (exact) mass is 330 g/mol. The number of anilines is 1. The Morgan fingerprint density at radius 1 is 1.00 bits per heavy atom. The quantitative estimate of drug-likeness (QED) is 0.574. The van der Waals surface area contributed by atoms with E-state index in [4.69, 9.17) is 4.74 Å². The van der Waals surface area contributed by atoms with Gasteiger partial charge in [0.15, 0.2) is 0 Å². The molecule has 0 saturated heterocycles. The Hall–Kier alpha value is -3.34. The van der Waals surface area contributed by atoms with Gasteiger partial charge in [0.2, 0.25) is 0 Å². The predicted molar refractivity (Wildman–Crippen MR) is 99.6 cm³/mol. The molecule has 2 N–H and O–H groups in total. The Morgan fingerprint density at radius 3 is 2.72 bits per heavy atom. The van der Waals surface area contributed by atoms with E-state index < -0.39 is 0 Å². The molecule has 0 aliphatic carbocycles. The zero-order valence-corrected chi connectivity index (χ0v) is 13.9. The average molecular weight is 330 g/mol. The second kappa shape index (κ2) is 6.65. The van der Waals surface area contributed by atoms with Crippen LogP contribution in [0.1, 0.15) is 5.56 Å². The lowest BCUT2D eigenvalue weighted by Gasteiger charge is -2.06. The van der Waals surface area contributed by atoms with Crippen LogP contribution in [0, 0.1) is 0 Å². The molecule has 0 bridgehead atoms. The second-order valence-corrected chi connectivity index (χ2v) is 5.74. The summed E-state index contributed by atoms with van der Waals surface area (Å²) in [6.07, 6.45) is 1.57. The highest BCUT2D eigenvalue weighted by Gasteiger charge is 2.10. The van der Waals surface area contributed by atoms with Gasteiger partial charge in [0.1, 0.15) is 23.5 Å². The highest BCUT2D eigenvalue weighted by Crippen LogP contribution is 2.28. The molecule has 0 aliphatic heterocycles. The summed E-state index contributed by atoms with van der Waals surface area (Å²) in [4.78, 5) is 12.1. The molecule has 0 atom stereocenters. The summed E-state index contributed by atoms with van der Waals surface area (Å²) >= 11 is 0. The molecule has 5 nitrogen and oxygen atoms in total. The van der Waals surface area contributed by atoms with Gasteiger partial charge in [-0.3, -0.25) is 0 Å². The van der Waals surface area contributed by atoms with Crippen molar-refractivity contribution in [2.75, 3.05) is 12.4 Å². The molecular formula is C20H18N4O. The van der Waals surface area contributed by atoms with Gasteiger partial charge in [0.25, 0.3) is 0 Å². The Morgan fingerprint density at radius 2 is 1.88 bits per heavy atom. The molecule has 2 aromatic carbocycles. The average Bonchev–Trinajstić information content (AvgIpc) is 3.12. The number of aromatic nitrogens is 3. The van der Waals surface area contributed by atoms with Crippen LogP contribution in [0.4, 0.5) is 5.82 Å². The summed E-state index contributed by atoms with van der Waals surface area (Å²) in [6.45, 7) is 0.715. The SMILES string of the molecule is COc1cccc(-c2cc3c(NCc4ccccc4)ncnc3[nH]2)c1. The minimum atomic E-state index is 0.715. The minimum Gasteiger partial charge on any atom is -0.497 e. The number of nitrogens with zero attached hydrogens (tertiary/aromatic N) is 2. The molecule has 4 aromatic rings. The summed E-state index contributed by atoms with van der Waals surface area (Å²) in [7, 11) is 1.67. The summed E-state index contributed by atoms with van der Waals surface area (Å²) in [5.74, 6) is 1.64. The van der Waals surface area contributed by atoms with E-state index in [1.165, 1.54) is 5.56 Å². The summed E-state index contributed by atoms with van der Waals surface area (Å²) in [5.41, 5.74) is 4.05. The van der Waals surface area contributed by atoms with Crippen LogP contribution in [0.2, 0.25) is 0 Å². The molecule has 0 unspecified atom stereocenters. The van der Waals surface area contributed by atoms with Gasteiger partial charge in [-0.15, -0.1) is 0 Å². The molecule has 0 spiro atoms. The highest BCUT2D eigenvalue weighted by atomic mass is 16.5. The third kappa shape index (κ3) is 3.17. The van der Waals surface area contributed by atoms with Crippen molar-refractivity contribution < 1.29 is 4.74 Å². The Kier molecular flexibility index (Phi) is 4.04. The van der Waals surface area contributed by atoms with E-state index in [9.17, 15) is 0 Å². The van der Waals surface area contributed by atoms with Crippen LogP contribution in [-0.2, 0) is 6.54 Å². The first kappa shape index (κ1) is 15.2. The van der Waals surface area contributed by atoms with Crippen LogP contribution < -0.4 is 10.1 Å². The predicted octanol–water partition coefficient (Wildman–Crippen LogP) is 4.25. The topological polar surface area (TPSA) is 62.8 Å². The van der Waals surface area contributed by atoms with Crippen molar-refractivity contribution >= 4 is 16.9 Å². The third-order valence-electron chi connectivity index (χ3n) is 4.11. The fraction of sp³-hybridized carbons (Fsp3) is 0.100. The normalized spacial score (nSPS) is 10.8. The lowest BCUT2D eigenvalue weighted by molar-refractivity contribution is 0.415. The van der Waals surface area contributed by atoms with Crippen molar-refractivity contribution in [1.29, 1.82) is 0 Å². The molecule has 0 saturated carbocycles. The van der Waals surface area contributed by atoms with Gasteiger partial charge < -0.3 is 15.0 Å². The van der Waals surface area contributed by atoms with E-state index in [0.717, 1.165) is 33.9 Å². The number of aromatic amines is 1. The number of H-pyrrole nitrogens is 1. The smallest absolute Gasteiger partial charge is 0.143 e. The molecule has 124 valence electrons. The van der Waals surface area contributed by atoms with Gasteiger partial charge in [-0.2, -0.15) is 0 Å². The standard InChI is InChI=1S/C20H18N4O/c1-25-16-9-5-8-15(10-16)18-11-17-19(22-13-23-20(17)24-18)21-12-14-6-3-2-4-7-14/h2-11,13H,12H2,1H3,(H2,21,22,23,24). The van der Waals surface area contributed by atoms with E-state index in [1.807, 2.05) is 42.5 Å². The molecule has 0 aliphatic rings. The van der Waals surface area contributed by atoms with E-state index in [1.54, 1.807) is 13.4 Å². The number of nitrogens with one attached hydrogen (secondary N) is 2. The maximum atomic E-state index is 5.31. The molecule has 2 heterocycles. The van der Waals surface area contributed by atoms with Gasteiger partial charge in [0.05, 0.1) is 12.5 Å². The van der Waals surface area contributed by atoms with Crippen LogP contribution in [0.5, 0.6) is 5.75 Å². The van der Waals surface area contributed by atoms with Crippen molar-refractivity contribution in [2.24, 2.45) is 0 Å². The number of ether oxygens (including phenoxy) is 1. The number of methoxy groups -OCH3 is 1. The lowest BCUT2D eigenvalue weighted by Crippen LogP contribution is -2.01. The first-order chi connectivity index (χ1) is 12.3. The van der Waals surface area contributed by atoms with Crippen LogP contribution >= 0.6 is 0 Å². The molecule has 5 heteroatoms. The molecule has 2 aromatic heterocycles. The molecule has 0 amide bonds. The maximum absolute atomic E-state index is 5.31. The second-order valence-electron chi connectivity index (χ2n) is 5.74. The molecule has 4 rings (SSSR count). The molecule has 0 fully saturated rings.